The second-order valence-electron chi connectivity index (χ2n) is 4.47. The van der Waals surface area contributed by atoms with Gasteiger partial charge in [0.1, 0.15) is 11.9 Å². The van der Waals surface area contributed by atoms with Crippen LogP contribution in [0.2, 0.25) is 5.02 Å². The van der Waals surface area contributed by atoms with Crippen molar-refractivity contribution in [3.8, 4) is 5.75 Å². The first-order valence-corrected chi connectivity index (χ1v) is 6.76. The lowest BCUT2D eigenvalue weighted by atomic mass is 10.2. The lowest BCUT2D eigenvalue weighted by molar-refractivity contribution is 0.0598. The van der Waals surface area contributed by atoms with Crippen LogP contribution in [0.5, 0.6) is 5.75 Å². The molecule has 1 aromatic carbocycles. The average molecular weight is 272 g/mol. The van der Waals surface area contributed by atoms with Crippen LogP contribution in [0.3, 0.4) is 0 Å². The van der Waals surface area contributed by atoms with E-state index in [9.17, 15) is 5.11 Å². The predicted octanol–water partition coefficient (Wildman–Crippen LogP) is 2.99. The van der Waals surface area contributed by atoms with Crippen molar-refractivity contribution in [2.45, 2.75) is 45.9 Å². The van der Waals surface area contributed by atoms with Crippen LogP contribution in [0.15, 0.2) is 18.2 Å². The zero-order valence-corrected chi connectivity index (χ0v) is 12.0. The van der Waals surface area contributed by atoms with E-state index in [0.29, 0.717) is 10.8 Å². The summed E-state index contributed by atoms with van der Waals surface area (Å²) in [4.78, 5) is 0. The highest BCUT2D eigenvalue weighted by Crippen LogP contribution is 2.30. The molecule has 0 saturated heterocycles. The fourth-order valence-corrected chi connectivity index (χ4v) is 1.75. The molecule has 0 heterocycles. The molecule has 1 aromatic rings. The highest BCUT2D eigenvalue weighted by molar-refractivity contribution is 6.32. The Morgan fingerprint density at radius 1 is 1.39 bits per heavy atom. The fourth-order valence-electron chi connectivity index (χ4n) is 1.51. The molecule has 4 heteroatoms. The lowest BCUT2D eigenvalue weighted by Gasteiger charge is -2.20. The van der Waals surface area contributed by atoms with Crippen LogP contribution in [-0.2, 0) is 6.54 Å². The molecule has 0 spiro atoms. The molecule has 0 bridgehead atoms. The van der Waals surface area contributed by atoms with Gasteiger partial charge >= 0.3 is 0 Å². The number of aliphatic hydroxyl groups is 1. The van der Waals surface area contributed by atoms with Crippen molar-refractivity contribution >= 4 is 11.6 Å². The molecular weight excluding hydrogens is 250 g/mol. The van der Waals surface area contributed by atoms with E-state index in [-0.39, 0.29) is 6.10 Å². The van der Waals surface area contributed by atoms with Gasteiger partial charge in [-0.05, 0) is 32.9 Å². The van der Waals surface area contributed by atoms with Gasteiger partial charge < -0.3 is 15.2 Å². The van der Waals surface area contributed by atoms with E-state index in [1.165, 1.54) is 0 Å². The summed E-state index contributed by atoms with van der Waals surface area (Å²) in [5.74, 6) is 0.663. The topological polar surface area (TPSA) is 41.5 Å². The van der Waals surface area contributed by atoms with E-state index < -0.39 is 6.10 Å². The number of aliphatic hydroxyl groups excluding tert-OH is 1. The molecule has 0 aliphatic rings. The smallest absolute Gasteiger partial charge is 0.142 e. The molecule has 0 radical (unpaired) electrons. The lowest BCUT2D eigenvalue weighted by Crippen LogP contribution is -2.26. The van der Waals surface area contributed by atoms with Gasteiger partial charge in [0.25, 0.3) is 0 Å². The molecular formula is C14H22ClNO2. The number of benzene rings is 1. The Morgan fingerprint density at radius 3 is 2.72 bits per heavy atom. The first kappa shape index (κ1) is 15.3. The van der Waals surface area contributed by atoms with Crippen LogP contribution in [0.25, 0.3) is 0 Å². The van der Waals surface area contributed by atoms with E-state index in [0.717, 1.165) is 25.1 Å². The molecule has 18 heavy (non-hydrogen) atoms. The van der Waals surface area contributed by atoms with Crippen LogP contribution in [-0.4, -0.2) is 23.9 Å². The monoisotopic (exact) mass is 271 g/mol. The number of para-hydroxylation sites is 1. The largest absolute Gasteiger partial charge is 0.486 e. The molecule has 0 aliphatic carbocycles. The maximum Gasteiger partial charge on any atom is 0.142 e. The summed E-state index contributed by atoms with van der Waals surface area (Å²) in [5.41, 5.74) is 1.02. The van der Waals surface area contributed by atoms with E-state index in [2.05, 4.69) is 12.2 Å². The third-order valence-corrected chi connectivity index (χ3v) is 3.07. The Bertz CT molecular complexity index is 369. The second-order valence-corrected chi connectivity index (χ2v) is 4.88. The van der Waals surface area contributed by atoms with Crippen molar-refractivity contribution in [2.75, 3.05) is 6.54 Å². The predicted molar refractivity (Wildman–Crippen MR) is 75.2 cm³/mol. The maximum absolute atomic E-state index is 9.49. The van der Waals surface area contributed by atoms with E-state index in [1.807, 2.05) is 19.1 Å². The minimum atomic E-state index is -0.530. The Morgan fingerprint density at radius 2 is 2.11 bits per heavy atom. The molecule has 0 aliphatic heterocycles. The standard InChI is InChI=1S/C14H22ClNO2/c1-4-8-16-9-12-6-5-7-13(15)14(12)18-11(3)10(2)17/h5-7,10-11,16-17H,4,8-9H2,1-3H3. The van der Waals surface area contributed by atoms with Gasteiger partial charge in [0.05, 0.1) is 11.1 Å². The number of nitrogens with one attached hydrogen (secondary N) is 1. The quantitative estimate of drug-likeness (QED) is 0.749. The summed E-state index contributed by atoms with van der Waals surface area (Å²) in [6.45, 7) is 7.33. The first-order chi connectivity index (χ1) is 8.56. The highest BCUT2D eigenvalue weighted by atomic mass is 35.5. The number of ether oxygens (including phenoxy) is 1. The van der Waals surface area contributed by atoms with Gasteiger partial charge in [-0.15, -0.1) is 0 Å². The van der Waals surface area contributed by atoms with E-state index >= 15 is 0 Å². The molecule has 2 unspecified atom stereocenters. The zero-order chi connectivity index (χ0) is 13.5. The molecule has 1 rings (SSSR count). The normalized spacial score (nSPS) is 14.3. The van der Waals surface area contributed by atoms with Crippen LogP contribution >= 0.6 is 11.6 Å². The van der Waals surface area contributed by atoms with Gasteiger partial charge in [0.15, 0.2) is 0 Å². The third kappa shape index (κ3) is 4.48. The Labute approximate surface area is 114 Å². The second kappa shape index (κ2) is 7.62. The van der Waals surface area contributed by atoms with Gasteiger partial charge in [-0.3, -0.25) is 0 Å². The van der Waals surface area contributed by atoms with Crippen molar-refractivity contribution in [3.05, 3.63) is 28.8 Å². The highest BCUT2D eigenvalue weighted by Gasteiger charge is 2.15. The minimum Gasteiger partial charge on any atom is -0.486 e. The van der Waals surface area contributed by atoms with Crippen molar-refractivity contribution in [1.82, 2.24) is 5.32 Å². The number of halogens is 1. The van der Waals surface area contributed by atoms with Crippen LogP contribution in [0.4, 0.5) is 0 Å². The van der Waals surface area contributed by atoms with Gasteiger partial charge in [-0.2, -0.15) is 0 Å². The summed E-state index contributed by atoms with van der Waals surface area (Å²) in [5, 5.41) is 13.4. The molecule has 3 nitrogen and oxygen atoms in total. The summed E-state index contributed by atoms with van der Waals surface area (Å²) >= 11 is 6.16. The van der Waals surface area contributed by atoms with Gasteiger partial charge in [0.2, 0.25) is 0 Å². The van der Waals surface area contributed by atoms with E-state index in [4.69, 9.17) is 16.3 Å². The number of hydrogen-bond donors (Lipinski definition) is 2. The van der Waals surface area contributed by atoms with Crippen molar-refractivity contribution < 1.29 is 9.84 Å². The first-order valence-electron chi connectivity index (χ1n) is 6.39. The SMILES string of the molecule is CCCNCc1cccc(Cl)c1OC(C)C(C)O. The van der Waals surface area contributed by atoms with Crippen molar-refractivity contribution in [3.63, 3.8) is 0 Å². The van der Waals surface area contributed by atoms with Gasteiger partial charge in [-0.25, -0.2) is 0 Å². The van der Waals surface area contributed by atoms with Crippen LogP contribution < -0.4 is 10.1 Å². The summed E-state index contributed by atoms with van der Waals surface area (Å²) in [6, 6.07) is 5.69. The number of rotatable bonds is 7. The minimum absolute atomic E-state index is 0.283. The van der Waals surface area contributed by atoms with Gasteiger partial charge in [0, 0.05) is 12.1 Å². The summed E-state index contributed by atoms with van der Waals surface area (Å²) in [6.07, 6.45) is 0.272. The molecule has 0 fully saturated rings. The summed E-state index contributed by atoms with van der Waals surface area (Å²) < 4.78 is 5.75. The molecule has 0 saturated carbocycles. The third-order valence-electron chi connectivity index (χ3n) is 2.77. The molecule has 0 aromatic heterocycles. The van der Waals surface area contributed by atoms with Crippen molar-refractivity contribution in [2.24, 2.45) is 0 Å². The molecule has 2 N–H and O–H groups in total. The Kier molecular flexibility index (Phi) is 6.47. The summed E-state index contributed by atoms with van der Waals surface area (Å²) in [7, 11) is 0. The van der Waals surface area contributed by atoms with Crippen LogP contribution in [0, 0.1) is 0 Å². The molecule has 2 atom stereocenters. The van der Waals surface area contributed by atoms with Gasteiger partial charge in [-0.1, -0.05) is 30.7 Å². The molecule has 102 valence electrons. The number of hydrogen-bond acceptors (Lipinski definition) is 3. The maximum atomic E-state index is 9.49. The average Bonchev–Trinajstić information content (AvgIpc) is 2.33. The molecule has 0 amide bonds. The van der Waals surface area contributed by atoms with Crippen LogP contribution in [0.1, 0.15) is 32.8 Å². The Balaban J connectivity index is 2.80. The Hall–Kier alpha value is -0.770. The zero-order valence-electron chi connectivity index (χ0n) is 11.2. The van der Waals surface area contributed by atoms with Crippen molar-refractivity contribution in [1.29, 1.82) is 0 Å². The fraction of sp³-hybridized carbons (Fsp3) is 0.571. The van der Waals surface area contributed by atoms with E-state index in [1.54, 1.807) is 13.0 Å².